The molecule has 0 saturated heterocycles. The minimum absolute atomic E-state index is 0. The summed E-state index contributed by atoms with van der Waals surface area (Å²) in [7, 11) is 2.00. The average Bonchev–Trinajstić information content (AvgIpc) is 3.32. The topological polar surface area (TPSA) is 585 Å². The number of carbonyl (C=O) groups excluding carboxylic acids is 10. The van der Waals surface area contributed by atoms with Crippen molar-refractivity contribution in [2.45, 2.75) is 55.4 Å². The number of benzene rings is 4. The van der Waals surface area contributed by atoms with Gasteiger partial charge in [-0.15, -0.1) is 0 Å². The van der Waals surface area contributed by atoms with Crippen LogP contribution in [0.15, 0.2) is 117 Å². The molecular weight excluding hydrogens is 1720 g/mol. The van der Waals surface area contributed by atoms with E-state index in [1.165, 1.54) is 49.1 Å². The summed E-state index contributed by atoms with van der Waals surface area (Å²) in [6.07, 6.45) is 4.94. The first kappa shape index (κ1) is 106. The molecule has 0 aromatic heterocycles. The number of hydrazone groups is 4. The van der Waals surface area contributed by atoms with E-state index in [0.717, 1.165) is 69.6 Å². The average molecular weight is 1780 g/mol. The predicted octanol–water partition coefficient (Wildman–Crippen LogP) is -9.73. The van der Waals surface area contributed by atoms with Crippen molar-refractivity contribution < 1.29 is 272 Å². The summed E-state index contributed by atoms with van der Waals surface area (Å²) in [5, 5.41) is 145. The molecule has 4 rings (SSSR count). The van der Waals surface area contributed by atoms with Crippen LogP contribution in [-0.2, 0) is 38.4 Å². The van der Waals surface area contributed by atoms with Crippen molar-refractivity contribution in [2.75, 3.05) is 14.2 Å². The van der Waals surface area contributed by atoms with Crippen molar-refractivity contribution >= 4 is 84.7 Å². The van der Waals surface area contributed by atoms with E-state index in [2.05, 4.69) is 42.1 Å². The Balaban J connectivity index is -0.0000000768. The van der Waals surface area contributed by atoms with Crippen LogP contribution >= 0.6 is 0 Å². The third-order valence-corrected chi connectivity index (χ3v) is 5.15. The van der Waals surface area contributed by atoms with Crippen molar-refractivity contribution in [3.8, 4) is 23.0 Å². The summed E-state index contributed by atoms with van der Waals surface area (Å²) in [6.45, 7) is 7.78. The van der Waals surface area contributed by atoms with Crippen molar-refractivity contribution in [3.63, 3.8) is 0 Å². The summed E-state index contributed by atoms with van der Waals surface area (Å²) in [6, 6.07) is 23.7. The molecule has 4 amide bonds. The second kappa shape index (κ2) is 77.1. The first-order valence-electron chi connectivity index (χ1n) is 20.8. The number of aliphatic carboxylic acids is 8. The Kier molecular flexibility index (Phi) is 97.5. The van der Waals surface area contributed by atoms with Gasteiger partial charge in [-0.2, -0.15) is 20.4 Å². The van der Waals surface area contributed by atoms with Gasteiger partial charge in [0, 0.05) is 62.0 Å². The molecule has 6 N–H and O–H groups in total. The van der Waals surface area contributed by atoms with Gasteiger partial charge in [0.25, 0.3) is 0 Å². The molecule has 4 aromatic rings. The van der Waals surface area contributed by atoms with Crippen molar-refractivity contribution in [1.29, 1.82) is 0 Å². The Morgan fingerprint density at radius 2 is 0.405 bits per heavy atom. The van der Waals surface area contributed by atoms with Gasteiger partial charge >= 0.3 is 165 Å². The molecule has 0 unspecified atom stereocenters. The molecule has 84 heavy (non-hydrogen) atoms. The van der Waals surface area contributed by atoms with Crippen LogP contribution in [0.3, 0.4) is 0 Å². The van der Waals surface area contributed by atoms with Gasteiger partial charge in [-0.25, -0.2) is 31.3 Å². The molecule has 0 aliphatic carbocycles. The van der Waals surface area contributed by atoms with Gasteiger partial charge in [0.15, 0.2) is 0 Å². The number of nitrogens with one attached hydrogen (secondary N) is 4. The Labute approximate surface area is 603 Å². The van der Waals surface area contributed by atoms with E-state index in [1.807, 2.05) is 0 Å². The molecule has 0 aliphatic rings. The van der Waals surface area contributed by atoms with Gasteiger partial charge in [0.2, 0.25) is 0 Å². The Morgan fingerprint density at radius 1 is 0.298 bits per heavy atom. The van der Waals surface area contributed by atoms with E-state index in [-0.39, 0.29) is 176 Å². The molecule has 0 saturated carbocycles. The van der Waals surface area contributed by atoms with Crippen LogP contribution < -0.4 is 83.0 Å². The smallest absolute Gasteiger partial charge is 0.872 e. The van der Waals surface area contributed by atoms with Crippen molar-refractivity contribution in [2.24, 2.45) is 20.4 Å². The van der Waals surface area contributed by atoms with E-state index in [4.69, 9.17) is 89.4 Å². The summed E-state index contributed by atoms with van der Waals surface area (Å²) in [4.78, 5) is 93.9. The number of carboxylic acids is 8. The number of rotatable bonds is 8. The summed E-state index contributed by atoms with van der Waals surface area (Å²) >= 11 is 0. The van der Waals surface area contributed by atoms with Crippen LogP contribution in [0.1, 0.15) is 77.6 Å². The van der Waals surface area contributed by atoms with Crippen LogP contribution in [-0.4, -0.2) is 109 Å². The molecule has 0 atom stereocenters. The molecule has 36 heteroatoms. The molecule has 4 radical (unpaired) electrons. The summed E-state index contributed by atoms with van der Waals surface area (Å²) in [5.74, 6) is -9.45. The van der Waals surface area contributed by atoms with Crippen LogP contribution in [0.5, 0.6) is 23.0 Å². The van der Waals surface area contributed by atoms with E-state index < -0.39 is 59.8 Å². The number of amides is 4. The SMILES string of the molecule is CC(=O)[O-].CC(=O)[O-].CC(=O)[O-].CC(=O)[O-].CC(=O)[O-].CC(=O)[O-].CC(=O)[O-].CC(=O)[O-].CO.CO.O=C(N/N=C/c1ccccc1[O-])N/N=C/c1ccccc1[O-].O=C(N/N=C/c1ccccc1[O-])N/N=C/c1ccccc1[O-].[Dy+3].[Dy+3].[Dy+3].[Dy+3]. The largest absolute Gasteiger partial charge is 3.00 e. The second-order valence-electron chi connectivity index (χ2n) is 12.2. The van der Waals surface area contributed by atoms with E-state index >= 15 is 0 Å². The normalized spacial score (nSPS) is 8.24. The van der Waals surface area contributed by atoms with Crippen LogP contribution in [0.2, 0.25) is 0 Å². The molecular formula is C48H56Dy4N8O24. The molecule has 0 heterocycles. The number of carboxylic acid groups (broad SMARTS) is 8. The number of para-hydroxylation sites is 4. The van der Waals surface area contributed by atoms with Gasteiger partial charge < -0.3 is 110 Å². The number of aliphatic hydroxyl groups is 2. The number of nitrogens with zero attached hydrogens (tertiary/aromatic N) is 4. The van der Waals surface area contributed by atoms with E-state index in [1.54, 1.807) is 72.8 Å². The number of carbonyl (C=O) groups is 10. The molecule has 4 aromatic carbocycles. The third-order valence-electron chi connectivity index (χ3n) is 5.15. The first-order valence-corrected chi connectivity index (χ1v) is 20.8. The van der Waals surface area contributed by atoms with Gasteiger partial charge in [-0.1, -0.05) is 120 Å². The zero-order valence-electron chi connectivity index (χ0n) is 45.5. The fourth-order valence-electron chi connectivity index (χ4n) is 3.04. The zero-order valence-corrected chi connectivity index (χ0v) is 53.6. The van der Waals surface area contributed by atoms with Gasteiger partial charge in [0.05, 0.1) is 24.9 Å². The van der Waals surface area contributed by atoms with Gasteiger partial charge in [-0.05, 0) is 77.6 Å². The van der Waals surface area contributed by atoms with Crippen LogP contribution in [0, 0.1) is 153 Å². The van der Waals surface area contributed by atoms with Crippen molar-refractivity contribution in [1.82, 2.24) is 21.7 Å². The fourth-order valence-corrected chi connectivity index (χ4v) is 3.04. The Bertz CT molecular complexity index is 2130. The molecule has 0 aliphatic heterocycles. The van der Waals surface area contributed by atoms with Crippen LogP contribution in [0.25, 0.3) is 0 Å². The monoisotopic (exact) mass is 1780 g/mol. The number of aliphatic hydroxyl groups excluding tert-OH is 2. The maximum Gasteiger partial charge on any atom is 3.00 e. The number of hydrogen-bond acceptors (Lipinski definition) is 28. The maximum absolute atomic E-state index is 11.4. The number of hydrogen-bond donors (Lipinski definition) is 6. The Hall–Kier alpha value is -5.93. The predicted molar refractivity (Wildman–Crippen MR) is 259 cm³/mol. The fraction of sp³-hybridized carbons (Fsp3) is 0.208. The Morgan fingerprint density at radius 3 is 0.512 bits per heavy atom. The molecule has 472 valence electrons. The molecule has 0 spiro atoms. The third kappa shape index (κ3) is 111. The maximum atomic E-state index is 11.4. The minimum Gasteiger partial charge on any atom is -0.872 e. The van der Waals surface area contributed by atoms with E-state index in [0.29, 0.717) is 22.3 Å². The second-order valence-corrected chi connectivity index (χ2v) is 12.2. The standard InChI is InChI=1S/2C15H14N4O3.8C2H4O2.2CH4O.4Dy/c2*20-13-7-3-1-5-11(13)9-16-18-15(22)19-17-10-12-6-2-4-8-14(12)21;8*1-2(3)4;2*1-2;;;;/h2*1-10,20-21H,(H2,18,19,22);8*1H3,(H,3,4);2*2H,1H3;;;;/q;;;;;;;;;;;;4*+3/p-12/b2*16-9+,17-10+;;;;;;;;;;;;;;. The van der Waals surface area contributed by atoms with Crippen LogP contribution in [0.4, 0.5) is 9.59 Å². The quantitative estimate of drug-likeness (QED) is 0.0705. The van der Waals surface area contributed by atoms with E-state index in [9.17, 15) is 30.0 Å². The molecule has 32 nitrogen and oxygen atoms in total. The number of urea groups is 2. The zero-order chi connectivity index (χ0) is 64.2. The minimum atomic E-state index is -1.08. The van der Waals surface area contributed by atoms with Crippen molar-refractivity contribution in [3.05, 3.63) is 119 Å². The molecule has 0 bridgehead atoms. The van der Waals surface area contributed by atoms with Gasteiger partial charge in [0.1, 0.15) is 0 Å². The summed E-state index contributed by atoms with van der Waals surface area (Å²) < 4.78 is 0. The summed E-state index contributed by atoms with van der Waals surface area (Å²) in [5.41, 5.74) is 10.0. The van der Waals surface area contributed by atoms with Gasteiger partial charge in [-0.3, -0.25) is 0 Å². The first-order chi connectivity index (χ1) is 37.2. The molecule has 0 fully saturated rings.